The van der Waals surface area contributed by atoms with Crippen LogP contribution < -0.4 is 15.9 Å². The third-order valence-electron chi connectivity index (χ3n) is 8.05. The van der Waals surface area contributed by atoms with Gasteiger partial charge in [-0.25, -0.2) is 0 Å². The van der Waals surface area contributed by atoms with Gasteiger partial charge in [0.25, 0.3) is 0 Å². The van der Waals surface area contributed by atoms with Gasteiger partial charge >= 0.3 is 17.3 Å². The van der Waals surface area contributed by atoms with Crippen LogP contribution in [0.5, 0.6) is 5.75 Å². The molecule has 11 heteroatoms. The molecule has 1 fully saturated rings. The number of rotatable bonds is 7. The molecule has 2 heterocycles. The highest BCUT2D eigenvalue weighted by molar-refractivity contribution is 6.34. The zero-order valence-corrected chi connectivity index (χ0v) is 25.4. The summed E-state index contributed by atoms with van der Waals surface area (Å²) in [6.45, 7) is 10.0. The molecular weight excluding hydrogens is 595 g/mol. The lowest BCUT2D eigenvalue weighted by Gasteiger charge is -2.39. The highest BCUT2D eigenvalue weighted by atomic mass is 35.5. The molecule has 1 amide bonds. The van der Waals surface area contributed by atoms with E-state index < -0.39 is 22.9 Å². The molecule has 44 heavy (non-hydrogen) atoms. The third kappa shape index (κ3) is 5.43. The SMILES string of the molecule is C=CC(=O)N1CC(Cn2c(=O)c(=O)n(-c3c(C)cccc3C(C)C)c3cc(-c4cc(OC)ccc4C(F)(F)F)c(Cl)cc32)C1. The van der Waals surface area contributed by atoms with Gasteiger partial charge in [0.2, 0.25) is 5.91 Å². The largest absolute Gasteiger partial charge is 0.497 e. The fourth-order valence-corrected chi connectivity index (χ4v) is 6.07. The van der Waals surface area contributed by atoms with Crippen molar-refractivity contribution in [3.8, 4) is 22.6 Å². The molecule has 1 aliphatic heterocycles. The van der Waals surface area contributed by atoms with Crippen molar-refractivity contribution in [2.75, 3.05) is 20.2 Å². The molecule has 0 bridgehead atoms. The van der Waals surface area contributed by atoms with Crippen LogP contribution in [-0.4, -0.2) is 40.1 Å². The predicted molar refractivity (Wildman–Crippen MR) is 165 cm³/mol. The Bertz CT molecular complexity index is 1920. The van der Waals surface area contributed by atoms with Gasteiger partial charge in [0.1, 0.15) is 5.75 Å². The van der Waals surface area contributed by atoms with E-state index in [2.05, 4.69) is 6.58 Å². The van der Waals surface area contributed by atoms with Gasteiger partial charge in [-0.15, -0.1) is 0 Å². The number of ether oxygens (including phenoxy) is 1. The molecule has 1 saturated heterocycles. The van der Waals surface area contributed by atoms with Crippen molar-refractivity contribution in [1.82, 2.24) is 14.0 Å². The minimum absolute atomic E-state index is 0.0230. The Hall–Kier alpha value is -4.31. The first-order chi connectivity index (χ1) is 20.8. The predicted octanol–water partition coefficient (Wildman–Crippen LogP) is 6.58. The minimum atomic E-state index is -4.71. The number of amides is 1. The van der Waals surface area contributed by atoms with E-state index in [1.807, 2.05) is 39.0 Å². The van der Waals surface area contributed by atoms with E-state index >= 15 is 0 Å². The first-order valence-corrected chi connectivity index (χ1v) is 14.4. The second-order valence-electron chi connectivity index (χ2n) is 11.3. The maximum absolute atomic E-state index is 14.2. The van der Waals surface area contributed by atoms with Crippen LogP contribution in [0.25, 0.3) is 27.8 Å². The summed E-state index contributed by atoms with van der Waals surface area (Å²) >= 11 is 6.72. The van der Waals surface area contributed by atoms with E-state index in [9.17, 15) is 27.6 Å². The van der Waals surface area contributed by atoms with Crippen LogP contribution in [0.15, 0.2) is 70.8 Å². The quantitative estimate of drug-likeness (QED) is 0.172. The summed E-state index contributed by atoms with van der Waals surface area (Å²) in [7, 11) is 1.35. The van der Waals surface area contributed by atoms with E-state index in [0.29, 0.717) is 24.3 Å². The zero-order valence-electron chi connectivity index (χ0n) is 24.7. The number of nitrogens with zero attached hydrogens (tertiary/aromatic N) is 3. The number of aryl methyl sites for hydroxylation is 1. The first-order valence-electron chi connectivity index (χ1n) is 14.0. The van der Waals surface area contributed by atoms with Gasteiger partial charge < -0.3 is 14.2 Å². The highest BCUT2D eigenvalue weighted by Gasteiger charge is 2.35. The van der Waals surface area contributed by atoms with Gasteiger partial charge in [0, 0.05) is 31.1 Å². The Morgan fingerprint density at radius 2 is 1.77 bits per heavy atom. The van der Waals surface area contributed by atoms with E-state index in [0.717, 1.165) is 11.6 Å². The van der Waals surface area contributed by atoms with Gasteiger partial charge in [0.15, 0.2) is 0 Å². The van der Waals surface area contributed by atoms with Crippen molar-refractivity contribution < 1.29 is 22.7 Å². The monoisotopic (exact) mass is 625 g/mol. The van der Waals surface area contributed by atoms with Crippen molar-refractivity contribution in [1.29, 1.82) is 0 Å². The number of fused-ring (bicyclic) bond motifs is 1. The van der Waals surface area contributed by atoms with Crippen LogP contribution in [0.4, 0.5) is 13.2 Å². The van der Waals surface area contributed by atoms with Gasteiger partial charge in [0.05, 0.1) is 34.4 Å². The normalized spacial score (nSPS) is 13.8. The van der Waals surface area contributed by atoms with Crippen molar-refractivity contribution in [3.63, 3.8) is 0 Å². The van der Waals surface area contributed by atoms with Crippen LogP contribution in [0.1, 0.15) is 36.5 Å². The third-order valence-corrected chi connectivity index (χ3v) is 8.36. The maximum Gasteiger partial charge on any atom is 0.417 e. The highest BCUT2D eigenvalue weighted by Crippen LogP contribution is 2.43. The molecular formula is C33H31ClF3N3O4. The molecule has 1 aliphatic rings. The van der Waals surface area contributed by atoms with Gasteiger partial charge in [-0.2, -0.15) is 13.2 Å². The Morgan fingerprint density at radius 3 is 2.39 bits per heavy atom. The van der Waals surface area contributed by atoms with E-state index in [1.165, 1.54) is 46.6 Å². The van der Waals surface area contributed by atoms with Crippen LogP contribution in [0.2, 0.25) is 5.02 Å². The van der Waals surface area contributed by atoms with Crippen molar-refractivity contribution >= 4 is 28.5 Å². The summed E-state index contributed by atoms with van der Waals surface area (Å²) in [5.41, 5.74) is -0.287. The number of methoxy groups -OCH3 is 1. The fraction of sp³-hybridized carbons (Fsp3) is 0.303. The van der Waals surface area contributed by atoms with Crippen molar-refractivity contribution in [3.05, 3.63) is 104 Å². The van der Waals surface area contributed by atoms with Crippen LogP contribution in [0, 0.1) is 12.8 Å². The first kappa shape index (κ1) is 31.1. The summed E-state index contributed by atoms with van der Waals surface area (Å²) in [6.07, 6.45) is -3.50. The molecule has 0 unspecified atom stereocenters. The van der Waals surface area contributed by atoms with Crippen LogP contribution >= 0.6 is 11.6 Å². The smallest absolute Gasteiger partial charge is 0.417 e. The number of benzene rings is 3. The Labute approximate surface area is 256 Å². The average molecular weight is 626 g/mol. The second kappa shape index (κ2) is 11.6. The molecule has 0 radical (unpaired) electrons. The molecule has 3 aromatic carbocycles. The molecule has 0 aliphatic carbocycles. The molecule has 0 N–H and O–H groups in total. The lowest BCUT2D eigenvalue weighted by molar-refractivity contribution is -0.137. The van der Waals surface area contributed by atoms with Gasteiger partial charge in [-0.3, -0.25) is 19.0 Å². The number of hydrogen-bond donors (Lipinski definition) is 0. The molecule has 1 aromatic heterocycles. The molecule has 0 atom stereocenters. The average Bonchev–Trinajstić information content (AvgIpc) is 2.95. The summed E-state index contributed by atoms with van der Waals surface area (Å²) < 4.78 is 50.5. The van der Waals surface area contributed by atoms with Gasteiger partial charge in [-0.1, -0.05) is 50.2 Å². The molecule has 4 aromatic rings. The standard InChI is InChI=1S/C33H31ClF3N3O4/c1-6-29(41)38-15-20(16-38)17-39-27-14-26(34)24(23-12-21(44-5)10-11-25(23)33(35,36)37)13-28(27)40(32(43)31(39)42)30-19(4)8-7-9-22(30)18(2)3/h6-14,18,20H,1,15-17H2,2-5H3. The number of alkyl halides is 3. The molecule has 0 spiro atoms. The Kier molecular flexibility index (Phi) is 8.24. The number of para-hydroxylation sites is 1. The topological polar surface area (TPSA) is 73.5 Å². The van der Waals surface area contributed by atoms with Crippen molar-refractivity contribution in [2.45, 2.75) is 39.4 Å². The number of carbonyl (C=O) groups excluding carboxylic acids is 1. The maximum atomic E-state index is 14.2. The Morgan fingerprint density at radius 1 is 1.07 bits per heavy atom. The zero-order chi connectivity index (χ0) is 32.1. The summed E-state index contributed by atoms with van der Waals surface area (Å²) in [4.78, 5) is 41.3. The molecule has 5 rings (SSSR count). The lowest BCUT2D eigenvalue weighted by Crippen LogP contribution is -2.52. The molecule has 0 saturated carbocycles. The lowest BCUT2D eigenvalue weighted by atomic mass is 9.96. The van der Waals surface area contributed by atoms with Crippen molar-refractivity contribution in [2.24, 2.45) is 5.92 Å². The summed E-state index contributed by atoms with van der Waals surface area (Å²) in [6, 6.07) is 11.8. The van der Waals surface area contributed by atoms with Crippen LogP contribution in [-0.2, 0) is 17.5 Å². The van der Waals surface area contributed by atoms with E-state index in [4.69, 9.17) is 16.3 Å². The Balaban J connectivity index is 1.85. The fourth-order valence-electron chi connectivity index (χ4n) is 5.81. The number of carbonyl (C=O) groups is 1. The molecule has 230 valence electrons. The second-order valence-corrected chi connectivity index (χ2v) is 11.7. The number of likely N-dealkylation sites (tertiary alicyclic amines) is 1. The summed E-state index contributed by atoms with van der Waals surface area (Å²) in [5.74, 6) is -0.217. The van der Waals surface area contributed by atoms with Gasteiger partial charge in [-0.05, 0) is 65.9 Å². The molecule has 7 nitrogen and oxygen atoms in total. The van der Waals surface area contributed by atoms with E-state index in [1.54, 1.807) is 4.90 Å². The number of halogens is 4. The van der Waals surface area contributed by atoms with E-state index in [-0.39, 0.29) is 57.2 Å². The number of aromatic nitrogens is 2. The van der Waals surface area contributed by atoms with Crippen LogP contribution in [0.3, 0.4) is 0 Å². The number of hydrogen-bond acceptors (Lipinski definition) is 4. The minimum Gasteiger partial charge on any atom is -0.497 e. The summed E-state index contributed by atoms with van der Waals surface area (Å²) in [5, 5.41) is -0.0412.